The van der Waals surface area contributed by atoms with Gasteiger partial charge in [0, 0.05) is 32.9 Å². The Morgan fingerprint density at radius 1 is 1.03 bits per heavy atom. The fourth-order valence-corrected chi connectivity index (χ4v) is 6.03. The summed E-state index contributed by atoms with van der Waals surface area (Å²) in [6.07, 6.45) is 1.29. The molecule has 1 saturated heterocycles. The monoisotopic (exact) mass is 430 g/mol. The number of carbonyl (C=O) groups is 1. The van der Waals surface area contributed by atoms with Crippen molar-refractivity contribution in [1.82, 2.24) is 4.90 Å². The van der Waals surface area contributed by atoms with Gasteiger partial charge in [-0.15, -0.1) is 23.5 Å². The van der Waals surface area contributed by atoms with E-state index in [9.17, 15) is 4.79 Å². The number of nitrogens with zero attached hydrogens (tertiary/aromatic N) is 2. The molecule has 0 unspecified atom stereocenters. The van der Waals surface area contributed by atoms with E-state index in [2.05, 4.69) is 41.3 Å². The third-order valence-corrected chi connectivity index (χ3v) is 7.92. The highest BCUT2D eigenvalue weighted by Crippen LogP contribution is 2.43. The third-order valence-electron chi connectivity index (χ3n) is 4.90. The van der Waals surface area contributed by atoms with E-state index in [1.54, 1.807) is 0 Å². The molecule has 1 heterocycles. The van der Waals surface area contributed by atoms with Gasteiger partial charge in [0.25, 0.3) is 5.91 Å². The SMILES string of the molecule is CCN(Cc1ccc(N(C)C)cc1)C(=O)COc1ccc(C2SCCCS2)cc1. The molecule has 0 radical (unpaired) electrons. The van der Waals surface area contributed by atoms with E-state index >= 15 is 0 Å². The molecule has 0 aromatic heterocycles. The molecule has 29 heavy (non-hydrogen) atoms. The predicted molar refractivity (Wildman–Crippen MR) is 126 cm³/mol. The molecule has 3 rings (SSSR count). The molecule has 0 spiro atoms. The first-order valence-corrected chi connectivity index (χ1v) is 12.2. The summed E-state index contributed by atoms with van der Waals surface area (Å²) in [5.74, 6) is 3.22. The van der Waals surface area contributed by atoms with Crippen molar-refractivity contribution in [2.45, 2.75) is 24.5 Å². The van der Waals surface area contributed by atoms with Crippen molar-refractivity contribution in [2.75, 3.05) is 43.7 Å². The first-order chi connectivity index (χ1) is 14.1. The zero-order valence-electron chi connectivity index (χ0n) is 17.5. The van der Waals surface area contributed by atoms with E-state index in [-0.39, 0.29) is 12.5 Å². The molecular weight excluding hydrogens is 400 g/mol. The number of ether oxygens (including phenoxy) is 1. The van der Waals surface area contributed by atoms with Crippen LogP contribution in [-0.4, -0.2) is 49.6 Å². The van der Waals surface area contributed by atoms with E-state index in [4.69, 9.17) is 4.74 Å². The summed E-state index contributed by atoms with van der Waals surface area (Å²) in [5, 5.41) is 0. The topological polar surface area (TPSA) is 32.8 Å². The van der Waals surface area contributed by atoms with Crippen LogP contribution in [0.25, 0.3) is 0 Å². The van der Waals surface area contributed by atoms with Crippen LogP contribution in [0.3, 0.4) is 0 Å². The summed E-state index contributed by atoms with van der Waals surface area (Å²) in [6, 6.07) is 16.5. The third kappa shape index (κ3) is 6.34. The lowest BCUT2D eigenvalue weighted by molar-refractivity contribution is -0.133. The van der Waals surface area contributed by atoms with Gasteiger partial charge < -0.3 is 14.5 Å². The summed E-state index contributed by atoms with van der Waals surface area (Å²) in [5.41, 5.74) is 3.60. The van der Waals surface area contributed by atoms with Crippen molar-refractivity contribution in [3.05, 3.63) is 59.7 Å². The Morgan fingerprint density at radius 3 is 2.28 bits per heavy atom. The van der Waals surface area contributed by atoms with Gasteiger partial charge >= 0.3 is 0 Å². The van der Waals surface area contributed by atoms with Crippen molar-refractivity contribution >= 4 is 35.1 Å². The van der Waals surface area contributed by atoms with Gasteiger partial charge in [0.05, 0.1) is 4.58 Å². The van der Waals surface area contributed by atoms with Crippen molar-refractivity contribution in [3.8, 4) is 5.75 Å². The number of anilines is 1. The second-order valence-corrected chi connectivity index (χ2v) is 9.98. The molecule has 2 aromatic rings. The number of rotatable bonds is 8. The van der Waals surface area contributed by atoms with Crippen LogP contribution in [0.2, 0.25) is 0 Å². The number of likely N-dealkylation sites (N-methyl/N-ethyl adjacent to an activating group) is 1. The van der Waals surface area contributed by atoms with Crippen LogP contribution in [0, 0.1) is 0 Å². The second-order valence-electron chi connectivity index (χ2n) is 7.25. The van der Waals surface area contributed by atoms with E-state index in [1.807, 2.05) is 61.6 Å². The van der Waals surface area contributed by atoms with Gasteiger partial charge in [-0.05, 0) is 60.2 Å². The maximum atomic E-state index is 12.6. The standard InChI is InChI=1S/C23H30N2O2S2/c1-4-25(16-18-6-10-20(11-7-18)24(2)3)22(26)17-27-21-12-8-19(9-13-21)23-28-14-5-15-29-23/h6-13,23H,4-5,14-17H2,1-3H3. The van der Waals surface area contributed by atoms with Crippen LogP contribution in [0.15, 0.2) is 48.5 Å². The second kappa shape index (κ2) is 10.8. The number of thioether (sulfide) groups is 2. The van der Waals surface area contributed by atoms with Crippen molar-refractivity contribution in [1.29, 1.82) is 0 Å². The fourth-order valence-electron chi connectivity index (χ4n) is 3.13. The Hall–Kier alpha value is -1.79. The van der Waals surface area contributed by atoms with Crippen LogP contribution in [0.5, 0.6) is 5.75 Å². The maximum Gasteiger partial charge on any atom is 0.260 e. The van der Waals surface area contributed by atoms with E-state index in [0.29, 0.717) is 17.7 Å². The number of benzene rings is 2. The lowest BCUT2D eigenvalue weighted by Crippen LogP contribution is -2.34. The quantitative estimate of drug-likeness (QED) is 0.585. The first kappa shape index (κ1) is 21.9. The predicted octanol–water partition coefficient (Wildman–Crippen LogP) is 5.05. The van der Waals surface area contributed by atoms with E-state index in [0.717, 1.165) is 17.0 Å². The Balaban J connectivity index is 1.51. The molecule has 4 nitrogen and oxygen atoms in total. The highest BCUT2D eigenvalue weighted by molar-refractivity contribution is 8.16. The molecule has 0 atom stereocenters. The van der Waals surface area contributed by atoms with Crippen molar-refractivity contribution < 1.29 is 9.53 Å². The van der Waals surface area contributed by atoms with Gasteiger partial charge in [0.15, 0.2) is 6.61 Å². The lowest BCUT2D eigenvalue weighted by atomic mass is 10.2. The Labute approximate surface area is 183 Å². The molecule has 2 aromatic carbocycles. The Morgan fingerprint density at radius 2 is 1.69 bits per heavy atom. The normalized spacial score (nSPS) is 14.4. The van der Waals surface area contributed by atoms with E-state index in [1.165, 1.54) is 23.5 Å². The fraction of sp³-hybridized carbons (Fsp3) is 0.435. The molecular formula is C23H30N2O2S2. The van der Waals surface area contributed by atoms with Gasteiger partial charge in [0.2, 0.25) is 0 Å². The van der Waals surface area contributed by atoms with Crippen LogP contribution in [-0.2, 0) is 11.3 Å². The number of hydrogen-bond donors (Lipinski definition) is 0. The molecule has 1 amide bonds. The Bertz CT molecular complexity index is 772. The average molecular weight is 431 g/mol. The molecule has 0 N–H and O–H groups in total. The largest absolute Gasteiger partial charge is 0.484 e. The van der Waals surface area contributed by atoms with Crippen LogP contribution >= 0.6 is 23.5 Å². The summed E-state index contributed by atoms with van der Waals surface area (Å²) >= 11 is 4.02. The highest BCUT2D eigenvalue weighted by atomic mass is 32.2. The van der Waals surface area contributed by atoms with Gasteiger partial charge in [0.1, 0.15) is 5.75 Å². The van der Waals surface area contributed by atoms with Crippen LogP contribution in [0.4, 0.5) is 5.69 Å². The molecule has 1 aliphatic rings. The van der Waals surface area contributed by atoms with E-state index < -0.39 is 0 Å². The number of carbonyl (C=O) groups excluding carboxylic acids is 1. The lowest BCUT2D eigenvalue weighted by Gasteiger charge is -2.22. The summed E-state index contributed by atoms with van der Waals surface area (Å²) in [7, 11) is 4.04. The van der Waals surface area contributed by atoms with Gasteiger partial charge in [-0.25, -0.2) is 0 Å². The minimum Gasteiger partial charge on any atom is -0.484 e. The van der Waals surface area contributed by atoms with Gasteiger partial charge in [-0.3, -0.25) is 4.79 Å². The molecule has 0 aliphatic carbocycles. The number of hydrogen-bond acceptors (Lipinski definition) is 5. The molecule has 6 heteroatoms. The van der Waals surface area contributed by atoms with Crippen molar-refractivity contribution in [3.63, 3.8) is 0 Å². The molecule has 1 fully saturated rings. The van der Waals surface area contributed by atoms with Crippen LogP contribution < -0.4 is 9.64 Å². The maximum absolute atomic E-state index is 12.6. The van der Waals surface area contributed by atoms with Gasteiger partial charge in [-0.1, -0.05) is 24.3 Å². The van der Waals surface area contributed by atoms with Crippen LogP contribution in [0.1, 0.15) is 29.1 Å². The zero-order chi connectivity index (χ0) is 20.6. The highest BCUT2D eigenvalue weighted by Gasteiger charge is 2.17. The molecule has 1 aliphatic heterocycles. The molecule has 0 bridgehead atoms. The summed E-state index contributed by atoms with van der Waals surface area (Å²) in [4.78, 5) is 16.5. The summed E-state index contributed by atoms with van der Waals surface area (Å²) < 4.78 is 6.29. The Kier molecular flexibility index (Phi) is 8.19. The minimum atomic E-state index is 0.00616. The average Bonchev–Trinajstić information content (AvgIpc) is 2.77. The molecule has 0 saturated carbocycles. The smallest absolute Gasteiger partial charge is 0.260 e. The minimum absolute atomic E-state index is 0.00616. The zero-order valence-corrected chi connectivity index (χ0v) is 19.1. The summed E-state index contributed by atoms with van der Waals surface area (Å²) in [6.45, 7) is 3.32. The number of amides is 1. The van der Waals surface area contributed by atoms with Gasteiger partial charge in [-0.2, -0.15) is 0 Å². The first-order valence-electron chi connectivity index (χ1n) is 10.1. The molecule has 156 valence electrons. The van der Waals surface area contributed by atoms with Crippen molar-refractivity contribution in [2.24, 2.45) is 0 Å².